The van der Waals surface area contributed by atoms with Gasteiger partial charge in [-0.1, -0.05) is 76.2 Å². The molecule has 0 aliphatic rings. The standard InChI is InChI=1S/C24H27NO2/c1-5-22(27-19-15-13-18(14-16-19)24(2,3)4)23(26)25-21-12-8-10-17-9-6-7-11-20(17)21/h6-16,22H,5H2,1-4H3,(H,25,26). The molecule has 0 radical (unpaired) electrons. The van der Waals surface area contributed by atoms with Crippen molar-refractivity contribution in [3.8, 4) is 5.75 Å². The molecule has 3 heteroatoms. The largest absolute Gasteiger partial charge is 0.481 e. The lowest BCUT2D eigenvalue weighted by Crippen LogP contribution is -2.32. The van der Waals surface area contributed by atoms with E-state index >= 15 is 0 Å². The molecule has 0 aliphatic heterocycles. The van der Waals surface area contributed by atoms with Gasteiger partial charge in [0.2, 0.25) is 0 Å². The van der Waals surface area contributed by atoms with E-state index in [4.69, 9.17) is 4.74 Å². The number of ether oxygens (including phenoxy) is 1. The number of hydrogen-bond donors (Lipinski definition) is 1. The van der Waals surface area contributed by atoms with E-state index in [1.54, 1.807) is 0 Å². The number of hydrogen-bond acceptors (Lipinski definition) is 2. The Morgan fingerprint density at radius 1 is 0.963 bits per heavy atom. The SMILES string of the molecule is CCC(Oc1ccc(C(C)(C)C)cc1)C(=O)Nc1cccc2ccccc12. The van der Waals surface area contributed by atoms with Crippen LogP contribution in [0.2, 0.25) is 0 Å². The molecule has 0 saturated heterocycles. The van der Waals surface area contributed by atoms with Crippen molar-refractivity contribution in [3.05, 3.63) is 72.3 Å². The Kier molecular flexibility index (Phi) is 5.50. The molecule has 27 heavy (non-hydrogen) atoms. The van der Waals surface area contributed by atoms with Crippen molar-refractivity contribution in [1.29, 1.82) is 0 Å². The lowest BCUT2D eigenvalue weighted by molar-refractivity contribution is -0.122. The monoisotopic (exact) mass is 361 g/mol. The number of nitrogens with one attached hydrogen (secondary N) is 1. The molecule has 1 N–H and O–H groups in total. The number of amides is 1. The molecular weight excluding hydrogens is 334 g/mol. The lowest BCUT2D eigenvalue weighted by atomic mass is 9.87. The molecular formula is C24H27NO2. The summed E-state index contributed by atoms with van der Waals surface area (Å²) in [6, 6.07) is 21.9. The van der Waals surface area contributed by atoms with Crippen LogP contribution in [0.5, 0.6) is 5.75 Å². The summed E-state index contributed by atoms with van der Waals surface area (Å²) in [4.78, 5) is 12.8. The topological polar surface area (TPSA) is 38.3 Å². The molecule has 3 aromatic rings. The van der Waals surface area contributed by atoms with Gasteiger partial charge in [0.1, 0.15) is 5.75 Å². The van der Waals surface area contributed by atoms with Gasteiger partial charge in [0.05, 0.1) is 0 Å². The van der Waals surface area contributed by atoms with Crippen LogP contribution in [0.4, 0.5) is 5.69 Å². The third-order valence-corrected chi connectivity index (χ3v) is 4.71. The van der Waals surface area contributed by atoms with E-state index in [0.717, 1.165) is 16.5 Å². The van der Waals surface area contributed by atoms with E-state index in [2.05, 4.69) is 38.2 Å². The fourth-order valence-electron chi connectivity index (χ4n) is 3.07. The number of fused-ring (bicyclic) bond motifs is 1. The maximum atomic E-state index is 12.8. The van der Waals surface area contributed by atoms with E-state index in [1.165, 1.54) is 5.56 Å². The Morgan fingerprint density at radius 2 is 1.63 bits per heavy atom. The smallest absolute Gasteiger partial charge is 0.265 e. The molecule has 3 aromatic carbocycles. The van der Waals surface area contributed by atoms with E-state index in [-0.39, 0.29) is 11.3 Å². The van der Waals surface area contributed by atoms with E-state index in [9.17, 15) is 4.79 Å². The quantitative estimate of drug-likeness (QED) is 0.611. The van der Waals surface area contributed by atoms with Gasteiger partial charge in [-0.15, -0.1) is 0 Å². The van der Waals surface area contributed by atoms with Crippen molar-refractivity contribution in [2.24, 2.45) is 0 Å². The summed E-state index contributed by atoms with van der Waals surface area (Å²) in [5.41, 5.74) is 2.14. The molecule has 1 unspecified atom stereocenters. The fraction of sp³-hybridized carbons (Fsp3) is 0.292. The minimum Gasteiger partial charge on any atom is -0.481 e. The first kappa shape index (κ1) is 19.0. The van der Waals surface area contributed by atoms with Gasteiger partial charge in [0.15, 0.2) is 6.10 Å². The summed E-state index contributed by atoms with van der Waals surface area (Å²) in [7, 11) is 0. The predicted molar refractivity (Wildman–Crippen MR) is 112 cm³/mol. The number of carbonyl (C=O) groups excluding carboxylic acids is 1. The molecule has 0 fully saturated rings. The van der Waals surface area contributed by atoms with Crippen LogP contribution in [0.1, 0.15) is 39.7 Å². The second-order valence-electron chi connectivity index (χ2n) is 7.81. The fourth-order valence-corrected chi connectivity index (χ4v) is 3.07. The molecule has 1 atom stereocenters. The number of rotatable bonds is 5. The first-order chi connectivity index (χ1) is 12.9. The highest BCUT2D eigenvalue weighted by atomic mass is 16.5. The number of benzene rings is 3. The van der Waals surface area contributed by atoms with Gasteiger partial charge in [-0.2, -0.15) is 0 Å². The van der Waals surface area contributed by atoms with Gasteiger partial charge >= 0.3 is 0 Å². The molecule has 0 heterocycles. The van der Waals surface area contributed by atoms with Gasteiger partial charge < -0.3 is 10.1 Å². The van der Waals surface area contributed by atoms with Crippen LogP contribution in [0.25, 0.3) is 10.8 Å². The van der Waals surface area contributed by atoms with Crippen molar-refractivity contribution in [2.75, 3.05) is 5.32 Å². The average Bonchev–Trinajstić information content (AvgIpc) is 2.66. The predicted octanol–water partition coefficient (Wildman–Crippen LogP) is 5.93. The van der Waals surface area contributed by atoms with Crippen molar-refractivity contribution in [1.82, 2.24) is 0 Å². The molecule has 140 valence electrons. The Labute approximate surface area is 161 Å². The van der Waals surface area contributed by atoms with Crippen LogP contribution >= 0.6 is 0 Å². The Balaban J connectivity index is 1.74. The zero-order valence-corrected chi connectivity index (χ0v) is 16.5. The van der Waals surface area contributed by atoms with Crippen LogP contribution in [0, 0.1) is 0 Å². The Morgan fingerprint density at radius 3 is 2.30 bits per heavy atom. The molecule has 0 aromatic heterocycles. The van der Waals surface area contributed by atoms with Crippen LogP contribution in [0.3, 0.4) is 0 Å². The van der Waals surface area contributed by atoms with Crippen LogP contribution < -0.4 is 10.1 Å². The van der Waals surface area contributed by atoms with Gasteiger partial charge in [0, 0.05) is 11.1 Å². The molecule has 0 aliphatic carbocycles. The zero-order valence-electron chi connectivity index (χ0n) is 16.5. The summed E-state index contributed by atoms with van der Waals surface area (Å²) in [6.45, 7) is 8.48. The molecule has 3 nitrogen and oxygen atoms in total. The first-order valence-electron chi connectivity index (χ1n) is 9.44. The number of carbonyl (C=O) groups is 1. The van der Waals surface area contributed by atoms with Crippen molar-refractivity contribution >= 4 is 22.4 Å². The maximum Gasteiger partial charge on any atom is 0.265 e. The van der Waals surface area contributed by atoms with Crippen molar-refractivity contribution in [2.45, 2.75) is 45.6 Å². The Hall–Kier alpha value is -2.81. The third-order valence-electron chi connectivity index (χ3n) is 4.71. The van der Waals surface area contributed by atoms with Gasteiger partial charge in [-0.05, 0) is 41.0 Å². The summed E-state index contributed by atoms with van der Waals surface area (Å²) in [6.07, 6.45) is 0.0573. The van der Waals surface area contributed by atoms with E-state index in [0.29, 0.717) is 12.2 Å². The molecule has 1 amide bonds. The van der Waals surface area contributed by atoms with Crippen molar-refractivity contribution in [3.63, 3.8) is 0 Å². The average molecular weight is 361 g/mol. The van der Waals surface area contributed by atoms with E-state index < -0.39 is 6.10 Å². The van der Waals surface area contributed by atoms with Gasteiger partial charge in [-0.25, -0.2) is 0 Å². The highest BCUT2D eigenvalue weighted by Crippen LogP contribution is 2.26. The lowest BCUT2D eigenvalue weighted by Gasteiger charge is -2.21. The van der Waals surface area contributed by atoms with E-state index in [1.807, 2.05) is 61.5 Å². The first-order valence-corrected chi connectivity index (χ1v) is 9.44. The summed E-state index contributed by atoms with van der Waals surface area (Å²) < 4.78 is 5.97. The molecule has 0 saturated carbocycles. The second-order valence-corrected chi connectivity index (χ2v) is 7.81. The molecule has 0 spiro atoms. The molecule has 3 rings (SSSR count). The van der Waals surface area contributed by atoms with Crippen LogP contribution in [-0.2, 0) is 10.2 Å². The zero-order chi connectivity index (χ0) is 19.4. The van der Waals surface area contributed by atoms with Crippen LogP contribution in [0.15, 0.2) is 66.7 Å². The van der Waals surface area contributed by atoms with Crippen LogP contribution in [-0.4, -0.2) is 12.0 Å². The third kappa shape index (κ3) is 4.48. The van der Waals surface area contributed by atoms with Gasteiger partial charge in [-0.3, -0.25) is 4.79 Å². The molecule has 0 bridgehead atoms. The minimum absolute atomic E-state index is 0.0917. The maximum absolute atomic E-state index is 12.8. The summed E-state index contributed by atoms with van der Waals surface area (Å²) in [5.74, 6) is 0.580. The Bertz CT molecular complexity index is 918. The number of anilines is 1. The highest BCUT2D eigenvalue weighted by Gasteiger charge is 2.20. The summed E-state index contributed by atoms with van der Waals surface area (Å²) in [5, 5.41) is 5.15. The normalized spacial score (nSPS) is 12.6. The highest BCUT2D eigenvalue weighted by molar-refractivity contribution is 6.03. The van der Waals surface area contributed by atoms with Gasteiger partial charge in [0.25, 0.3) is 5.91 Å². The summed E-state index contributed by atoms with van der Waals surface area (Å²) >= 11 is 0. The second kappa shape index (κ2) is 7.83. The minimum atomic E-state index is -0.538. The van der Waals surface area contributed by atoms with Crippen molar-refractivity contribution < 1.29 is 9.53 Å².